The van der Waals surface area contributed by atoms with Gasteiger partial charge in [0.1, 0.15) is 48.8 Å². The summed E-state index contributed by atoms with van der Waals surface area (Å²) < 4.78 is 21.5. The second kappa shape index (κ2) is 8.93. The fourth-order valence-electron chi connectivity index (χ4n) is 2.89. The minimum absolute atomic E-state index is 0.391. The van der Waals surface area contributed by atoms with Gasteiger partial charge in [0.2, 0.25) is 0 Å². The van der Waals surface area contributed by atoms with E-state index in [1.54, 1.807) is 20.8 Å². The van der Waals surface area contributed by atoms with E-state index in [4.69, 9.17) is 18.9 Å². The Kier molecular flexibility index (Phi) is 7.55. The van der Waals surface area contributed by atoms with Crippen LogP contribution in [-0.2, 0) is 18.9 Å². The van der Waals surface area contributed by atoms with Gasteiger partial charge >= 0.3 is 0 Å². The zero-order valence-corrected chi connectivity index (χ0v) is 15.5. The van der Waals surface area contributed by atoms with E-state index < -0.39 is 80.2 Å². The van der Waals surface area contributed by atoms with E-state index >= 15 is 0 Å². The highest BCUT2D eigenvalue weighted by Crippen LogP contribution is 2.27. The monoisotopic (exact) mass is 398 g/mol. The molecule has 0 aliphatic carbocycles. The molecule has 11 nitrogen and oxygen atoms in total. The average molecular weight is 398 g/mol. The van der Waals surface area contributed by atoms with Gasteiger partial charge < -0.3 is 54.7 Å². The van der Waals surface area contributed by atoms with Gasteiger partial charge in [0.15, 0.2) is 12.6 Å². The summed E-state index contributed by atoms with van der Waals surface area (Å²) in [4.78, 5) is 0. The van der Waals surface area contributed by atoms with Crippen molar-refractivity contribution >= 4 is 0 Å². The summed E-state index contributed by atoms with van der Waals surface area (Å²) in [7, 11) is 0. The van der Waals surface area contributed by atoms with Crippen LogP contribution in [0.1, 0.15) is 20.8 Å². The molecule has 2 saturated heterocycles. The van der Waals surface area contributed by atoms with E-state index in [-0.39, 0.29) is 0 Å². The largest absolute Gasteiger partial charge is 0.394 e. The van der Waals surface area contributed by atoms with E-state index in [0.717, 1.165) is 0 Å². The Bertz CT molecular complexity index is 468. The molecule has 0 aromatic rings. The van der Waals surface area contributed by atoms with Gasteiger partial charge in [-0.1, -0.05) is 0 Å². The maximum absolute atomic E-state index is 10.1. The molecule has 4 unspecified atom stereocenters. The Morgan fingerprint density at radius 1 is 0.704 bits per heavy atom. The Balaban J connectivity index is 2.00. The van der Waals surface area contributed by atoms with E-state index in [1.807, 2.05) is 0 Å². The molecule has 2 heterocycles. The third kappa shape index (κ3) is 5.34. The van der Waals surface area contributed by atoms with Crippen LogP contribution in [0.5, 0.6) is 0 Å². The number of rotatable bonds is 5. The summed E-state index contributed by atoms with van der Waals surface area (Å²) in [5.41, 5.74) is -0.698. The highest BCUT2D eigenvalue weighted by molar-refractivity contribution is 4.92. The van der Waals surface area contributed by atoms with Gasteiger partial charge in [-0.3, -0.25) is 0 Å². The number of aliphatic hydroxyl groups excluding tert-OH is 7. The summed E-state index contributed by atoms with van der Waals surface area (Å²) in [6, 6.07) is 0. The molecule has 2 rings (SSSR count). The summed E-state index contributed by atoms with van der Waals surface area (Å²) in [5.74, 6) is 0. The number of hydrogen-bond acceptors (Lipinski definition) is 11. The quantitative estimate of drug-likeness (QED) is 0.243. The van der Waals surface area contributed by atoms with Crippen molar-refractivity contribution in [2.24, 2.45) is 0 Å². The topological polar surface area (TPSA) is 179 Å². The predicted octanol–water partition coefficient (Wildman–Crippen LogP) is -3.57. The molecule has 0 radical (unpaired) electrons. The standard InChI is InChI=1S/C16H30O11/c1-16(2,3)27-15-13(23)11(21)9(19)7(26-15)5-24-14-12(22)10(20)8(18)6(4-17)25-14/h6-15,17-23H,4-5H2,1-3H3/t6?,7?,8-,9-,10+,11+,12?,13?,14+,15-/m1/s1. The Hall–Kier alpha value is -0.440. The first-order valence-corrected chi connectivity index (χ1v) is 8.76. The van der Waals surface area contributed by atoms with E-state index in [9.17, 15) is 35.7 Å². The smallest absolute Gasteiger partial charge is 0.187 e. The predicted molar refractivity (Wildman–Crippen MR) is 87.2 cm³/mol. The Morgan fingerprint density at radius 3 is 1.70 bits per heavy atom. The fraction of sp³-hybridized carbons (Fsp3) is 1.00. The van der Waals surface area contributed by atoms with Crippen LogP contribution in [0.3, 0.4) is 0 Å². The second-order valence-corrected chi connectivity index (χ2v) is 7.78. The van der Waals surface area contributed by atoms with Crippen molar-refractivity contribution in [3.8, 4) is 0 Å². The lowest BCUT2D eigenvalue weighted by Gasteiger charge is -2.43. The molecule has 2 aliphatic rings. The van der Waals surface area contributed by atoms with Crippen LogP contribution in [0.4, 0.5) is 0 Å². The molecule has 0 aromatic heterocycles. The molecule has 0 amide bonds. The summed E-state index contributed by atoms with van der Waals surface area (Å²) >= 11 is 0. The lowest BCUT2D eigenvalue weighted by atomic mass is 9.98. The molecule has 27 heavy (non-hydrogen) atoms. The van der Waals surface area contributed by atoms with Crippen molar-refractivity contribution in [1.82, 2.24) is 0 Å². The van der Waals surface area contributed by atoms with E-state index in [2.05, 4.69) is 0 Å². The summed E-state index contributed by atoms with van der Waals surface area (Å²) in [6.45, 7) is 4.16. The molecule has 0 spiro atoms. The van der Waals surface area contributed by atoms with Crippen LogP contribution < -0.4 is 0 Å². The van der Waals surface area contributed by atoms with E-state index in [0.29, 0.717) is 0 Å². The molecular weight excluding hydrogens is 368 g/mol. The summed E-state index contributed by atoms with van der Waals surface area (Å²) in [5, 5.41) is 68.8. The second-order valence-electron chi connectivity index (χ2n) is 7.78. The lowest BCUT2D eigenvalue weighted by Crippen LogP contribution is -2.62. The molecule has 0 aromatic carbocycles. The minimum Gasteiger partial charge on any atom is -0.394 e. The van der Waals surface area contributed by atoms with Crippen molar-refractivity contribution < 1.29 is 54.7 Å². The van der Waals surface area contributed by atoms with Crippen LogP contribution in [0, 0.1) is 0 Å². The molecule has 0 bridgehead atoms. The third-order valence-electron chi connectivity index (χ3n) is 4.41. The number of hydrogen-bond donors (Lipinski definition) is 7. The SMILES string of the molecule is CC(C)(C)O[C@H]1OC(CO[C@H]2OC(CO)[C@@H](O)[C@H](O)C2O)[C@@H](O)[C@H](O)C1O. The van der Waals surface area contributed by atoms with Crippen molar-refractivity contribution in [3.63, 3.8) is 0 Å². The van der Waals surface area contributed by atoms with Crippen molar-refractivity contribution in [2.75, 3.05) is 13.2 Å². The van der Waals surface area contributed by atoms with Gasteiger partial charge in [-0.15, -0.1) is 0 Å². The Morgan fingerprint density at radius 2 is 1.19 bits per heavy atom. The lowest BCUT2D eigenvalue weighted by molar-refractivity contribution is -0.340. The number of aliphatic hydroxyl groups is 7. The molecule has 2 aliphatic heterocycles. The van der Waals surface area contributed by atoms with E-state index in [1.165, 1.54) is 0 Å². The van der Waals surface area contributed by atoms with Gasteiger partial charge in [0, 0.05) is 0 Å². The van der Waals surface area contributed by atoms with Gasteiger partial charge in [-0.25, -0.2) is 0 Å². The normalized spacial score (nSPS) is 46.4. The maximum atomic E-state index is 10.1. The third-order valence-corrected chi connectivity index (χ3v) is 4.41. The van der Waals surface area contributed by atoms with Crippen LogP contribution in [-0.4, -0.2) is 116 Å². The van der Waals surface area contributed by atoms with Crippen molar-refractivity contribution in [3.05, 3.63) is 0 Å². The van der Waals surface area contributed by atoms with Crippen LogP contribution in [0.2, 0.25) is 0 Å². The molecule has 0 saturated carbocycles. The zero-order valence-electron chi connectivity index (χ0n) is 15.5. The van der Waals surface area contributed by atoms with Crippen molar-refractivity contribution in [1.29, 1.82) is 0 Å². The summed E-state index contributed by atoms with van der Waals surface area (Å²) in [6.07, 6.45) is -14.2. The first-order chi connectivity index (χ1) is 12.5. The zero-order chi connectivity index (χ0) is 20.5. The molecule has 11 heteroatoms. The molecule has 160 valence electrons. The highest BCUT2D eigenvalue weighted by Gasteiger charge is 2.48. The van der Waals surface area contributed by atoms with Gasteiger partial charge in [0.05, 0.1) is 18.8 Å². The average Bonchev–Trinajstić information content (AvgIpc) is 2.59. The fourth-order valence-corrected chi connectivity index (χ4v) is 2.89. The molecule has 10 atom stereocenters. The molecule has 2 fully saturated rings. The van der Waals surface area contributed by atoms with Gasteiger partial charge in [-0.05, 0) is 20.8 Å². The van der Waals surface area contributed by atoms with Gasteiger partial charge in [-0.2, -0.15) is 0 Å². The Labute approximate surface area is 156 Å². The number of ether oxygens (including phenoxy) is 4. The first kappa shape index (κ1) is 22.8. The minimum atomic E-state index is -1.61. The highest BCUT2D eigenvalue weighted by atomic mass is 16.7. The van der Waals surface area contributed by atoms with Crippen LogP contribution in [0.25, 0.3) is 0 Å². The van der Waals surface area contributed by atoms with Crippen molar-refractivity contribution in [2.45, 2.75) is 87.8 Å². The maximum Gasteiger partial charge on any atom is 0.187 e. The first-order valence-electron chi connectivity index (χ1n) is 8.76. The molecule has 7 N–H and O–H groups in total. The molecular formula is C16H30O11. The van der Waals surface area contributed by atoms with Gasteiger partial charge in [0.25, 0.3) is 0 Å². The van der Waals surface area contributed by atoms with Crippen LogP contribution >= 0.6 is 0 Å². The van der Waals surface area contributed by atoms with Crippen LogP contribution in [0.15, 0.2) is 0 Å².